The van der Waals surface area contributed by atoms with Crippen molar-refractivity contribution in [1.82, 2.24) is 9.88 Å². The maximum Gasteiger partial charge on any atom is 0.0593 e. The van der Waals surface area contributed by atoms with E-state index in [4.69, 9.17) is 5.73 Å². The van der Waals surface area contributed by atoms with Gasteiger partial charge in [-0.1, -0.05) is 13.8 Å². The lowest BCUT2D eigenvalue weighted by Gasteiger charge is -2.17. The average molecular weight is 233 g/mol. The summed E-state index contributed by atoms with van der Waals surface area (Å²) in [5.74, 6) is 1.58. The molecule has 3 nitrogen and oxygen atoms in total. The van der Waals surface area contributed by atoms with Crippen LogP contribution in [-0.4, -0.2) is 23.0 Å². The molecule has 1 fully saturated rings. The van der Waals surface area contributed by atoms with E-state index in [-0.39, 0.29) is 0 Å². The maximum absolute atomic E-state index is 6.05. The van der Waals surface area contributed by atoms with E-state index >= 15 is 0 Å². The number of rotatable bonds is 2. The maximum atomic E-state index is 6.05. The summed E-state index contributed by atoms with van der Waals surface area (Å²) >= 11 is 0. The summed E-state index contributed by atoms with van der Waals surface area (Å²) in [6, 6.07) is 0. The highest BCUT2D eigenvalue weighted by atomic mass is 15.2. The van der Waals surface area contributed by atoms with Gasteiger partial charge in [0.05, 0.1) is 5.69 Å². The zero-order valence-corrected chi connectivity index (χ0v) is 11.3. The van der Waals surface area contributed by atoms with Crippen LogP contribution in [0, 0.1) is 25.7 Å². The van der Waals surface area contributed by atoms with E-state index in [1.54, 1.807) is 0 Å². The molecule has 1 aromatic rings. The fourth-order valence-electron chi connectivity index (χ4n) is 2.54. The van der Waals surface area contributed by atoms with Gasteiger partial charge in [0.1, 0.15) is 0 Å². The van der Waals surface area contributed by atoms with Gasteiger partial charge in [0.2, 0.25) is 0 Å². The lowest BCUT2D eigenvalue weighted by atomic mass is 10.0. The molecule has 94 valence electrons. The molecule has 0 radical (unpaired) electrons. The molecular formula is C14H23N3. The van der Waals surface area contributed by atoms with E-state index in [1.807, 2.05) is 13.1 Å². The first-order valence-electron chi connectivity index (χ1n) is 6.42. The van der Waals surface area contributed by atoms with Gasteiger partial charge < -0.3 is 5.73 Å². The molecule has 1 aliphatic heterocycles. The summed E-state index contributed by atoms with van der Waals surface area (Å²) in [5, 5.41) is 0. The van der Waals surface area contributed by atoms with Crippen LogP contribution in [-0.2, 0) is 6.54 Å². The standard InChI is InChI=1S/C14H23N3/c1-9-5-16-13(12(4)14(9)15)8-17-6-10(2)11(3)7-17/h5,10-11H,6-8H2,1-4H3,(H2,15,16). The molecule has 0 aromatic carbocycles. The monoisotopic (exact) mass is 233 g/mol. The van der Waals surface area contributed by atoms with Gasteiger partial charge in [0.25, 0.3) is 0 Å². The first-order chi connectivity index (χ1) is 7.99. The molecule has 1 aliphatic rings. The Kier molecular flexibility index (Phi) is 3.38. The lowest BCUT2D eigenvalue weighted by Crippen LogP contribution is -2.21. The molecule has 2 N–H and O–H groups in total. The highest BCUT2D eigenvalue weighted by Crippen LogP contribution is 2.25. The Balaban J connectivity index is 2.12. The van der Waals surface area contributed by atoms with Crippen LogP contribution >= 0.6 is 0 Å². The molecule has 0 amide bonds. The first kappa shape index (κ1) is 12.4. The molecule has 3 heteroatoms. The molecule has 2 heterocycles. The molecule has 0 saturated carbocycles. The van der Waals surface area contributed by atoms with Gasteiger partial charge in [-0.15, -0.1) is 0 Å². The topological polar surface area (TPSA) is 42.2 Å². The molecule has 2 rings (SSSR count). The third-order valence-electron chi connectivity index (χ3n) is 4.11. The molecule has 0 aliphatic carbocycles. The van der Waals surface area contributed by atoms with Crippen molar-refractivity contribution in [3.8, 4) is 0 Å². The zero-order valence-electron chi connectivity index (χ0n) is 11.3. The second kappa shape index (κ2) is 4.65. The number of likely N-dealkylation sites (tertiary alicyclic amines) is 1. The Hall–Kier alpha value is -1.09. The number of nitrogen functional groups attached to an aromatic ring is 1. The summed E-state index contributed by atoms with van der Waals surface area (Å²) in [4.78, 5) is 7.02. The Labute approximate surface area is 104 Å². The van der Waals surface area contributed by atoms with E-state index in [0.717, 1.165) is 40.9 Å². The third kappa shape index (κ3) is 2.44. The highest BCUT2D eigenvalue weighted by molar-refractivity contribution is 5.53. The Morgan fingerprint density at radius 2 is 1.88 bits per heavy atom. The Bertz CT molecular complexity index is 404. The highest BCUT2D eigenvalue weighted by Gasteiger charge is 2.26. The minimum Gasteiger partial charge on any atom is -0.398 e. The quantitative estimate of drug-likeness (QED) is 0.852. The smallest absolute Gasteiger partial charge is 0.0593 e. The Morgan fingerprint density at radius 1 is 1.29 bits per heavy atom. The van der Waals surface area contributed by atoms with Crippen molar-refractivity contribution in [2.45, 2.75) is 34.2 Å². The number of anilines is 1. The van der Waals surface area contributed by atoms with Gasteiger partial charge in [-0.05, 0) is 36.8 Å². The zero-order chi connectivity index (χ0) is 12.6. The molecule has 1 saturated heterocycles. The predicted octanol–water partition coefficient (Wildman–Crippen LogP) is 2.37. The minimum absolute atomic E-state index is 0.790. The van der Waals surface area contributed by atoms with E-state index in [2.05, 4.69) is 30.7 Å². The molecule has 0 bridgehead atoms. The number of nitrogens with zero attached hydrogens (tertiary/aromatic N) is 2. The normalized spacial score (nSPS) is 25.4. The SMILES string of the molecule is Cc1cnc(CN2CC(C)C(C)C2)c(C)c1N. The van der Waals surface area contributed by atoms with Crippen LogP contribution in [0.15, 0.2) is 6.20 Å². The van der Waals surface area contributed by atoms with Crippen LogP contribution < -0.4 is 5.73 Å². The average Bonchev–Trinajstić information content (AvgIpc) is 2.59. The third-order valence-corrected chi connectivity index (χ3v) is 4.11. The Morgan fingerprint density at radius 3 is 2.47 bits per heavy atom. The van der Waals surface area contributed by atoms with Crippen molar-refractivity contribution in [3.63, 3.8) is 0 Å². The fourth-order valence-corrected chi connectivity index (χ4v) is 2.54. The van der Waals surface area contributed by atoms with Gasteiger partial charge in [-0.3, -0.25) is 9.88 Å². The number of hydrogen-bond donors (Lipinski definition) is 1. The molecular weight excluding hydrogens is 210 g/mol. The van der Waals surface area contributed by atoms with Crippen molar-refractivity contribution in [1.29, 1.82) is 0 Å². The molecule has 0 spiro atoms. The van der Waals surface area contributed by atoms with Gasteiger partial charge in [0.15, 0.2) is 0 Å². The van der Waals surface area contributed by atoms with Crippen LogP contribution in [0.2, 0.25) is 0 Å². The second-order valence-corrected chi connectivity index (χ2v) is 5.58. The van der Waals surface area contributed by atoms with Crippen LogP contribution in [0.3, 0.4) is 0 Å². The summed E-state index contributed by atoms with van der Waals surface area (Å²) < 4.78 is 0. The van der Waals surface area contributed by atoms with Crippen LogP contribution in [0.1, 0.15) is 30.7 Å². The first-order valence-corrected chi connectivity index (χ1v) is 6.42. The predicted molar refractivity (Wildman–Crippen MR) is 71.7 cm³/mol. The van der Waals surface area contributed by atoms with Crippen LogP contribution in [0.25, 0.3) is 0 Å². The summed E-state index contributed by atoms with van der Waals surface area (Å²) in [5.41, 5.74) is 10.3. The van der Waals surface area contributed by atoms with Crippen LogP contribution in [0.4, 0.5) is 5.69 Å². The lowest BCUT2D eigenvalue weighted by molar-refractivity contribution is 0.311. The molecule has 2 atom stereocenters. The van der Waals surface area contributed by atoms with Gasteiger partial charge >= 0.3 is 0 Å². The van der Waals surface area contributed by atoms with Crippen LogP contribution in [0.5, 0.6) is 0 Å². The molecule has 17 heavy (non-hydrogen) atoms. The number of hydrogen-bond acceptors (Lipinski definition) is 3. The van der Waals surface area contributed by atoms with Crippen molar-refractivity contribution in [3.05, 3.63) is 23.0 Å². The number of aryl methyl sites for hydroxylation is 1. The second-order valence-electron chi connectivity index (χ2n) is 5.58. The van der Waals surface area contributed by atoms with E-state index in [1.165, 1.54) is 13.1 Å². The largest absolute Gasteiger partial charge is 0.398 e. The number of aromatic nitrogens is 1. The van der Waals surface area contributed by atoms with Crippen molar-refractivity contribution in [2.24, 2.45) is 11.8 Å². The minimum atomic E-state index is 0.790. The summed E-state index contributed by atoms with van der Waals surface area (Å²) in [7, 11) is 0. The van der Waals surface area contributed by atoms with E-state index in [9.17, 15) is 0 Å². The summed E-state index contributed by atoms with van der Waals surface area (Å²) in [6.07, 6.45) is 1.89. The molecule has 2 unspecified atom stereocenters. The number of pyridine rings is 1. The summed E-state index contributed by atoms with van der Waals surface area (Å²) in [6.45, 7) is 12.0. The van der Waals surface area contributed by atoms with Gasteiger partial charge in [0, 0.05) is 31.5 Å². The van der Waals surface area contributed by atoms with Gasteiger partial charge in [-0.25, -0.2) is 0 Å². The van der Waals surface area contributed by atoms with Crippen molar-refractivity contribution >= 4 is 5.69 Å². The van der Waals surface area contributed by atoms with E-state index in [0.29, 0.717) is 0 Å². The number of nitrogens with two attached hydrogens (primary N) is 1. The molecule has 1 aromatic heterocycles. The van der Waals surface area contributed by atoms with E-state index < -0.39 is 0 Å². The van der Waals surface area contributed by atoms with Gasteiger partial charge in [-0.2, -0.15) is 0 Å². The van der Waals surface area contributed by atoms with Crippen molar-refractivity contribution in [2.75, 3.05) is 18.8 Å². The van der Waals surface area contributed by atoms with Crippen molar-refractivity contribution < 1.29 is 0 Å². The fraction of sp³-hybridized carbons (Fsp3) is 0.643.